The van der Waals surface area contributed by atoms with Crippen LogP contribution in [0.15, 0.2) is 53.0 Å². The molecule has 2 aromatic carbocycles. The van der Waals surface area contributed by atoms with Gasteiger partial charge in [0.1, 0.15) is 6.04 Å². The van der Waals surface area contributed by atoms with Crippen LogP contribution in [0, 0.1) is 6.92 Å². The number of carbonyl (C=O) groups is 2. The Balaban J connectivity index is 1.69. The fourth-order valence-electron chi connectivity index (χ4n) is 3.91. The molecule has 3 rings (SSSR count). The van der Waals surface area contributed by atoms with Crippen molar-refractivity contribution >= 4 is 27.7 Å². The molecule has 1 N–H and O–H groups in total. The summed E-state index contributed by atoms with van der Waals surface area (Å²) in [7, 11) is 0. The van der Waals surface area contributed by atoms with Crippen LogP contribution in [0.2, 0.25) is 0 Å². The van der Waals surface area contributed by atoms with Crippen LogP contribution in [0.1, 0.15) is 55.7 Å². The maximum atomic E-state index is 13.2. The first-order valence-corrected chi connectivity index (χ1v) is 11.6. The number of hydrogen-bond donors (Lipinski definition) is 1. The molecule has 5 heteroatoms. The van der Waals surface area contributed by atoms with Crippen LogP contribution in [0.4, 0.5) is 0 Å². The topological polar surface area (TPSA) is 49.4 Å². The number of rotatable bonds is 8. The van der Waals surface area contributed by atoms with Crippen molar-refractivity contribution < 1.29 is 9.59 Å². The van der Waals surface area contributed by atoms with Gasteiger partial charge < -0.3 is 10.2 Å². The second kappa shape index (κ2) is 10.8. The van der Waals surface area contributed by atoms with E-state index in [1.807, 2.05) is 31.2 Å². The number of aryl methyl sites for hydroxylation is 2. The average Bonchev–Trinajstić information content (AvgIpc) is 3.25. The quantitative estimate of drug-likeness (QED) is 0.578. The first-order chi connectivity index (χ1) is 14.4. The van der Waals surface area contributed by atoms with Gasteiger partial charge >= 0.3 is 0 Å². The summed E-state index contributed by atoms with van der Waals surface area (Å²) in [5.41, 5.74) is 3.36. The third-order valence-electron chi connectivity index (χ3n) is 5.88. The lowest BCUT2D eigenvalue weighted by molar-refractivity contribution is -0.140. The summed E-state index contributed by atoms with van der Waals surface area (Å²) >= 11 is 3.45. The number of benzene rings is 2. The lowest BCUT2D eigenvalue weighted by Gasteiger charge is -2.30. The monoisotopic (exact) mass is 470 g/mol. The van der Waals surface area contributed by atoms with Gasteiger partial charge in [0.25, 0.3) is 0 Å². The minimum absolute atomic E-state index is 0.00701. The van der Waals surface area contributed by atoms with Crippen molar-refractivity contribution in [3.05, 3.63) is 69.7 Å². The van der Waals surface area contributed by atoms with Crippen molar-refractivity contribution in [2.24, 2.45) is 0 Å². The molecule has 0 aliphatic heterocycles. The zero-order chi connectivity index (χ0) is 21.5. The molecular formula is C25H31BrN2O2. The van der Waals surface area contributed by atoms with E-state index in [1.54, 1.807) is 4.90 Å². The van der Waals surface area contributed by atoms with E-state index in [-0.39, 0.29) is 17.9 Å². The highest BCUT2D eigenvalue weighted by molar-refractivity contribution is 9.10. The zero-order valence-corrected chi connectivity index (χ0v) is 19.5. The van der Waals surface area contributed by atoms with Crippen LogP contribution in [0.25, 0.3) is 0 Å². The summed E-state index contributed by atoms with van der Waals surface area (Å²) in [5, 5.41) is 3.15. The van der Waals surface area contributed by atoms with E-state index in [4.69, 9.17) is 0 Å². The molecule has 1 atom stereocenters. The summed E-state index contributed by atoms with van der Waals surface area (Å²) in [4.78, 5) is 27.8. The van der Waals surface area contributed by atoms with Gasteiger partial charge in [-0.2, -0.15) is 0 Å². The minimum atomic E-state index is -0.500. The number of nitrogens with one attached hydrogen (secondary N) is 1. The molecule has 0 bridgehead atoms. The summed E-state index contributed by atoms with van der Waals surface area (Å²) in [5.74, 6) is -0.0461. The van der Waals surface area contributed by atoms with Gasteiger partial charge in [-0.3, -0.25) is 9.59 Å². The van der Waals surface area contributed by atoms with Crippen molar-refractivity contribution in [2.75, 3.05) is 0 Å². The van der Waals surface area contributed by atoms with Crippen molar-refractivity contribution in [1.29, 1.82) is 0 Å². The Morgan fingerprint density at radius 3 is 2.27 bits per heavy atom. The molecule has 30 heavy (non-hydrogen) atoms. The normalized spacial score (nSPS) is 15.0. The second-order valence-corrected chi connectivity index (χ2v) is 9.22. The molecule has 0 unspecified atom stereocenters. The molecule has 0 spiro atoms. The van der Waals surface area contributed by atoms with Crippen LogP contribution in [-0.2, 0) is 22.6 Å². The Hall–Kier alpha value is -2.14. The molecule has 2 amide bonds. The van der Waals surface area contributed by atoms with Gasteiger partial charge in [0.2, 0.25) is 11.8 Å². The minimum Gasteiger partial charge on any atom is -0.352 e. The number of carbonyl (C=O) groups excluding carboxylic acids is 2. The fourth-order valence-corrected chi connectivity index (χ4v) is 4.18. The number of nitrogens with zero attached hydrogens (tertiary/aromatic N) is 1. The van der Waals surface area contributed by atoms with E-state index in [9.17, 15) is 9.59 Å². The van der Waals surface area contributed by atoms with Gasteiger partial charge in [0.15, 0.2) is 0 Å². The Morgan fingerprint density at radius 1 is 1.03 bits per heavy atom. The number of halogens is 1. The van der Waals surface area contributed by atoms with Gasteiger partial charge in [0.05, 0.1) is 0 Å². The maximum Gasteiger partial charge on any atom is 0.242 e. The second-order valence-electron chi connectivity index (χ2n) is 8.30. The average molecular weight is 471 g/mol. The number of amides is 2. The van der Waals surface area contributed by atoms with E-state index in [1.165, 1.54) is 5.56 Å². The predicted octanol–water partition coefficient (Wildman–Crippen LogP) is 5.17. The third kappa shape index (κ3) is 6.43. The van der Waals surface area contributed by atoms with Crippen LogP contribution >= 0.6 is 15.9 Å². The molecule has 0 heterocycles. The molecular weight excluding hydrogens is 440 g/mol. The third-order valence-corrected chi connectivity index (χ3v) is 6.41. The highest BCUT2D eigenvalue weighted by atomic mass is 79.9. The maximum absolute atomic E-state index is 13.2. The molecule has 4 nitrogen and oxygen atoms in total. The molecule has 1 fully saturated rings. The van der Waals surface area contributed by atoms with Crippen LogP contribution in [0.5, 0.6) is 0 Å². The summed E-state index contributed by atoms with van der Waals surface area (Å²) < 4.78 is 0.996. The van der Waals surface area contributed by atoms with E-state index in [0.29, 0.717) is 19.4 Å². The molecule has 2 aromatic rings. The van der Waals surface area contributed by atoms with E-state index < -0.39 is 6.04 Å². The van der Waals surface area contributed by atoms with Crippen LogP contribution in [-0.4, -0.2) is 28.8 Å². The van der Waals surface area contributed by atoms with Crippen molar-refractivity contribution in [3.8, 4) is 0 Å². The molecule has 1 saturated carbocycles. The summed E-state index contributed by atoms with van der Waals surface area (Å²) in [6.07, 6.45) is 5.46. The fraction of sp³-hybridized carbons (Fsp3) is 0.440. The first kappa shape index (κ1) is 22.5. The highest BCUT2D eigenvalue weighted by Crippen LogP contribution is 2.19. The largest absolute Gasteiger partial charge is 0.352 e. The standard InChI is InChI=1S/C25H31BrN2O2/c1-18-7-9-20(10-8-18)13-16-24(29)28(17-21-11-14-22(26)15-12-21)19(2)25(30)27-23-5-3-4-6-23/h7-12,14-15,19,23H,3-6,13,16-17H2,1-2H3,(H,27,30)/t19-/m1/s1. The predicted molar refractivity (Wildman–Crippen MR) is 124 cm³/mol. The lowest BCUT2D eigenvalue weighted by atomic mass is 10.1. The van der Waals surface area contributed by atoms with Gasteiger partial charge in [-0.15, -0.1) is 0 Å². The molecule has 160 valence electrons. The van der Waals surface area contributed by atoms with Crippen LogP contribution in [0.3, 0.4) is 0 Å². The van der Waals surface area contributed by atoms with Gasteiger partial charge in [-0.1, -0.05) is 70.7 Å². The molecule has 1 aliphatic rings. The van der Waals surface area contributed by atoms with Gasteiger partial charge in [-0.05, 0) is 56.4 Å². The Morgan fingerprint density at radius 2 is 1.63 bits per heavy atom. The highest BCUT2D eigenvalue weighted by Gasteiger charge is 2.28. The Labute approximate surface area is 188 Å². The summed E-state index contributed by atoms with van der Waals surface area (Å²) in [6.45, 7) is 4.33. The van der Waals surface area contributed by atoms with E-state index in [2.05, 4.69) is 52.4 Å². The molecule has 0 aromatic heterocycles. The Bertz CT molecular complexity index is 842. The smallest absolute Gasteiger partial charge is 0.242 e. The van der Waals surface area contributed by atoms with Crippen molar-refractivity contribution in [2.45, 2.75) is 71.0 Å². The molecule has 0 saturated heterocycles. The Kier molecular flexibility index (Phi) is 8.08. The zero-order valence-electron chi connectivity index (χ0n) is 17.9. The first-order valence-electron chi connectivity index (χ1n) is 10.8. The van der Waals surface area contributed by atoms with Gasteiger partial charge in [-0.25, -0.2) is 0 Å². The number of hydrogen-bond acceptors (Lipinski definition) is 2. The summed E-state index contributed by atoms with van der Waals surface area (Å²) in [6, 6.07) is 15.9. The lowest BCUT2D eigenvalue weighted by Crippen LogP contribution is -2.49. The van der Waals surface area contributed by atoms with Crippen molar-refractivity contribution in [3.63, 3.8) is 0 Å². The van der Waals surface area contributed by atoms with E-state index >= 15 is 0 Å². The van der Waals surface area contributed by atoms with Gasteiger partial charge in [0, 0.05) is 23.5 Å². The van der Waals surface area contributed by atoms with Crippen LogP contribution < -0.4 is 5.32 Å². The molecule has 0 radical (unpaired) electrons. The molecule has 1 aliphatic carbocycles. The van der Waals surface area contributed by atoms with Crippen molar-refractivity contribution in [1.82, 2.24) is 10.2 Å². The SMILES string of the molecule is Cc1ccc(CCC(=O)N(Cc2ccc(Br)cc2)[C@H](C)C(=O)NC2CCCC2)cc1. The van der Waals surface area contributed by atoms with E-state index in [0.717, 1.165) is 41.3 Å².